The molecule has 8 heteroatoms. The summed E-state index contributed by atoms with van der Waals surface area (Å²) in [5, 5.41) is 8.61. The van der Waals surface area contributed by atoms with Gasteiger partial charge in [0, 0.05) is 19.3 Å². The number of nitrogens with zero attached hydrogens (tertiary/aromatic N) is 1. The molecule has 1 aromatic rings. The van der Waals surface area contributed by atoms with Crippen molar-refractivity contribution < 1.29 is 4.79 Å². The van der Waals surface area contributed by atoms with Crippen molar-refractivity contribution in [2.24, 2.45) is 10.9 Å². The third-order valence-electron chi connectivity index (χ3n) is 2.91. The van der Waals surface area contributed by atoms with E-state index in [-0.39, 0.29) is 18.4 Å². The average molecular weight is 332 g/mol. The van der Waals surface area contributed by atoms with Crippen molar-refractivity contribution in [1.29, 1.82) is 0 Å². The number of nitrogen functional groups attached to an aromatic ring is 1. The minimum absolute atomic E-state index is 0. The zero-order chi connectivity index (χ0) is 14.5. The van der Waals surface area contributed by atoms with E-state index in [1.807, 2.05) is 0 Å². The van der Waals surface area contributed by atoms with E-state index in [0.29, 0.717) is 34.8 Å². The number of amides is 2. The first-order valence-electron chi connectivity index (χ1n) is 6.43. The molecule has 1 aliphatic carbocycles. The lowest BCUT2D eigenvalue weighted by atomic mass is 10.3. The maximum Gasteiger partial charge on any atom is 0.321 e. The van der Waals surface area contributed by atoms with Gasteiger partial charge in [-0.05, 0) is 37.0 Å². The molecule has 116 valence electrons. The summed E-state index contributed by atoms with van der Waals surface area (Å²) in [6.07, 6.45) is 2.39. The molecule has 0 saturated heterocycles. The topological polar surface area (TPSA) is 91.5 Å². The summed E-state index contributed by atoms with van der Waals surface area (Å²) >= 11 is 6.09. The zero-order valence-corrected chi connectivity index (χ0v) is 13.2. The third-order valence-corrected chi connectivity index (χ3v) is 3.22. The Morgan fingerprint density at radius 3 is 2.76 bits per heavy atom. The number of halogens is 2. The number of carbonyl (C=O) groups excluding carboxylic acids is 1. The second kappa shape index (κ2) is 7.95. The number of rotatable bonds is 3. The summed E-state index contributed by atoms with van der Waals surface area (Å²) < 4.78 is 0. The van der Waals surface area contributed by atoms with E-state index in [2.05, 4.69) is 20.9 Å². The summed E-state index contributed by atoms with van der Waals surface area (Å²) in [5.74, 6) is 1.00. The lowest BCUT2D eigenvalue weighted by Crippen LogP contribution is -2.41. The molecule has 1 fully saturated rings. The van der Waals surface area contributed by atoms with Gasteiger partial charge in [-0.3, -0.25) is 10.3 Å². The van der Waals surface area contributed by atoms with Gasteiger partial charge in [-0.1, -0.05) is 11.6 Å². The molecule has 0 aliphatic heterocycles. The monoisotopic (exact) mass is 331 g/mol. The van der Waals surface area contributed by atoms with Crippen LogP contribution < -0.4 is 21.7 Å². The van der Waals surface area contributed by atoms with Gasteiger partial charge in [0.05, 0.1) is 10.7 Å². The average Bonchev–Trinajstić information content (AvgIpc) is 3.23. The largest absolute Gasteiger partial charge is 0.399 e. The number of nitrogens with two attached hydrogens (primary N) is 1. The van der Waals surface area contributed by atoms with Crippen LogP contribution in [0.2, 0.25) is 5.02 Å². The Balaban J connectivity index is 0.00000220. The summed E-state index contributed by atoms with van der Waals surface area (Å²) in [4.78, 5) is 15.8. The first kappa shape index (κ1) is 17.4. The number of guanidine groups is 1. The molecule has 2 amide bonds. The fourth-order valence-electron chi connectivity index (χ4n) is 1.56. The molecule has 2 rings (SSSR count). The highest BCUT2D eigenvalue weighted by Gasteiger charge is 2.21. The Morgan fingerprint density at radius 2 is 2.19 bits per heavy atom. The third kappa shape index (κ3) is 5.69. The molecular formula is C13H19Cl2N5O. The Kier molecular flexibility index (Phi) is 6.58. The van der Waals surface area contributed by atoms with Crippen molar-refractivity contribution in [2.75, 3.05) is 24.6 Å². The van der Waals surface area contributed by atoms with Gasteiger partial charge in [0.15, 0.2) is 0 Å². The SMILES string of the molecule is CNC(=O)NC(=NCC1CC1)Nc1ccc(N)cc1Cl.Cl. The predicted octanol–water partition coefficient (Wildman–Crippen LogP) is 2.45. The number of hydrogen-bond acceptors (Lipinski definition) is 3. The Labute approximate surface area is 134 Å². The number of urea groups is 1. The van der Waals surface area contributed by atoms with Gasteiger partial charge in [-0.15, -0.1) is 12.4 Å². The second-order valence-electron chi connectivity index (χ2n) is 4.70. The van der Waals surface area contributed by atoms with Crippen LogP contribution in [-0.4, -0.2) is 25.6 Å². The molecule has 5 N–H and O–H groups in total. The van der Waals surface area contributed by atoms with Crippen molar-refractivity contribution in [3.8, 4) is 0 Å². The van der Waals surface area contributed by atoms with Crippen LogP contribution in [0, 0.1) is 5.92 Å². The summed E-state index contributed by atoms with van der Waals surface area (Å²) in [6, 6.07) is 4.78. The fourth-order valence-corrected chi connectivity index (χ4v) is 1.80. The summed E-state index contributed by atoms with van der Waals surface area (Å²) in [6.45, 7) is 0.693. The van der Waals surface area contributed by atoms with Gasteiger partial charge in [-0.25, -0.2) is 4.79 Å². The molecule has 0 heterocycles. The van der Waals surface area contributed by atoms with Crippen LogP contribution in [0.5, 0.6) is 0 Å². The predicted molar refractivity (Wildman–Crippen MR) is 89.4 cm³/mol. The molecule has 1 aliphatic rings. The van der Waals surface area contributed by atoms with Crippen molar-refractivity contribution >= 4 is 47.4 Å². The molecule has 0 radical (unpaired) electrons. The molecule has 0 bridgehead atoms. The summed E-state index contributed by atoms with van der Waals surface area (Å²) in [7, 11) is 1.55. The lowest BCUT2D eigenvalue weighted by molar-refractivity contribution is 0.247. The smallest absolute Gasteiger partial charge is 0.321 e. The number of anilines is 2. The van der Waals surface area contributed by atoms with Crippen molar-refractivity contribution in [2.45, 2.75) is 12.8 Å². The van der Waals surface area contributed by atoms with Crippen LogP contribution in [0.25, 0.3) is 0 Å². The molecule has 0 aromatic heterocycles. The van der Waals surface area contributed by atoms with Crippen LogP contribution in [-0.2, 0) is 0 Å². The quantitative estimate of drug-likeness (QED) is 0.389. The highest BCUT2D eigenvalue weighted by atomic mass is 35.5. The van der Waals surface area contributed by atoms with Crippen molar-refractivity contribution in [1.82, 2.24) is 10.6 Å². The molecule has 21 heavy (non-hydrogen) atoms. The van der Waals surface area contributed by atoms with E-state index < -0.39 is 0 Å². The van der Waals surface area contributed by atoms with Gasteiger partial charge in [0.25, 0.3) is 0 Å². The van der Waals surface area contributed by atoms with Crippen LogP contribution in [0.3, 0.4) is 0 Å². The van der Waals surface area contributed by atoms with E-state index in [1.165, 1.54) is 12.8 Å². The highest BCUT2D eigenvalue weighted by Crippen LogP contribution is 2.29. The van der Waals surface area contributed by atoms with E-state index in [1.54, 1.807) is 25.2 Å². The van der Waals surface area contributed by atoms with E-state index in [0.717, 1.165) is 0 Å². The van der Waals surface area contributed by atoms with Gasteiger partial charge in [-0.2, -0.15) is 0 Å². The van der Waals surface area contributed by atoms with Crippen LogP contribution in [0.4, 0.5) is 16.2 Å². The number of nitrogens with one attached hydrogen (secondary N) is 3. The maximum atomic E-state index is 11.4. The Morgan fingerprint density at radius 1 is 1.48 bits per heavy atom. The molecular weight excluding hydrogens is 313 g/mol. The first-order chi connectivity index (χ1) is 9.58. The van der Waals surface area contributed by atoms with E-state index >= 15 is 0 Å². The Bertz CT molecular complexity index is 531. The molecule has 6 nitrogen and oxygen atoms in total. The van der Waals surface area contributed by atoms with Crippen LogP contribution >= 0.6 is 24.0 Å². The minimum atomic E-state index is -0.335. The normalized spacial score (nSPS) is 14.1. The van der Waals surface area contributed by atoms with Gasteiger partial charge in [0.1, 0.15) is 0 Å². The molecule has 0 unspecified atom stereocenters. The summed E-state index contributed by atoms with van der Waals surface area (Å²) in [5.41, 5.74) is 6.87. The second-order valence-corrected chi connectivity index (χ2v) is 5.11. The van der Waals surface area contributed by atoms with Crippen molar-refractivity contribution in [3.05, 3.63) is 23.2 Å². The van der Waals surface area contributed by atoms with Crippen LogP contribution in [0.15, 0.2) is 23.2 Å². The Hall–Kier alpha value is -1.66. The zero-order valence-electron chi connectivity index (χ0n) is 11.6. The fraction of sp³-hybridized carbons (Fsp3) is 0.385. The number of hydrogen-bond donors (Lipinski definition) is 4. The molecule has 1 aromatic carbocycles. The number of benzene rings is 1. The van der Waals surface area contributed by atoms with Gasteiger partial charge in [0.2, 0.25) is 5.96 Å². The minimum Gasteiger partial charge on any atom is -0.399 e. The molecule has 0 atom stereocenters. The van der Waals surface area contributed by atoms with Gasteiger partial charge < -0.3 is 16.4 Å². The van der Waals surface area contributed by atoms with Gasteiger partial charge >= 0.3 is 6.03 Å². The van der Waals surface area contributed by atoms with E-state index in [4.69, 9.17) is 17.3 Å². The molecule has 1 saturated carbocycles. The standard InChI is InChI=1S/C13H18ClN5O.ClH/c1-16-13(20)19-12(17-7-8-2-3-8)18-11-5-4-9(15)6-10(11)14;/h4-6,8H,2-3,7,15H2,1H3,(H3,16,17,18,19,20);1H. The number of carbonyl (C=O) groups is 1. The lowest BCUT2D eigenvalue weighted by Gasteiger charge is -2.12. The highest BCUT2D eigenvalue weighted by molar-refractivity contribution is 6.34. The number of aliphatic imine (C=N–C) groups is 1. The van der Waals surface area contributed by atoms with E-state index in [9.17, 15) is 4.79 Å². The van der Waals surface area contributed by atoms with Crippen molar-refractivity contribution in [3.63, 3.8) is 0 Å². The molecule has 0 spiro atoms. The first-order valence-corrected chi connectivity index (χ1v) is 6.81. The van der Waals surface area contributed by atoms with Crippen LogP contribution in [0.1, 0.15) is 12.8 Å². The maximum absolute atomic E-state index is 11.4.